The number of hydrogen-bond donors (Lipinski definition) is 0. The summed E-state index contributed by atoms with van der Waals surface area (Å²) < 4.78 is 0. The molecule has 4 heteroatoms. The molecule has 0 radical (unpaired) electrons. The molecule has 0 amide bonds. The third kappa shape index (κ3) is 3.08. The van der Waals surface area contributed by atoms with E-state index in [9.17, 15) is 0 Å². The van der Waals surface area contributed by atoms with Crippen molar-refractivity contribution in [3.63, 3.8) is 0 Å². The van der Waals surface area contributed by atoms with Gasteiger partial charge in [0.1, 0.15) is 16.8 Å². The zero-order valence-corrected chi connectivity index (χ0v) is 11.3. The Bertz CT molecular complexity index is 337. The van der Waals surface area contributed by atoms with Gasteiger partial charge in [0.15, 0.2) is 0 Å². The van der Waals surface area contributed by atoms with Crippen LogP contribution in [0.1, 0.15) is 39.4 Å². The second kappa shape index (κ2) is 6.04. The zero-order chi connectivity index (χ0) is 12.1. The first-order valence-corrected chi connectivity index (χ1v) is 6.26. The van der Waals surface area contributed by atoms with Crippen LogP contribution in [0.4, 0.5) is 5.82 Å². The molecule has 1 aromatic heterocycles. The highest BCUT2D eigenvalue weighted by molar-refractivity contribution is 6.29. The van der Waals surface area contributed by atoms with Crippen molar-refractivity contribution in [1.82, 2.24) is 9.97 Å². The number of anilines is 1. The minimum atomic E-state index is 0.510. The summed E-state index contributed by atoms with van der Waals surface area (Å²) in [5.74, 6) is 1.73. The van der Waals surface area contributed by atoms with E-state index in [4.69, 9.17) is 11.6 Å². The molecule has 0 aliphatic rings. The van der Waals surface area contributed by atoms with Crippen LogP contribution >= 0.6 is 11.6 Å². The number of aromatic nitrogens is 2. The van der Waals surface area contributed by atoms with E-state index in [-0.39, 0.29) is 0 Å². The van der Waals surface area contributed by atoms with Crippen molar-refractivity contribution in [3.05, 3.63) is 17.0 Å². The molecule has 0 aliphatic carbocycles. The quantitative estimate of drug-likeness (QED) is 0.741. The molecule has 3 nitrogen and oxygen atoms in total. The van der Waals surface area contributed by atoms with Crippen molar-refractivity contribution in [1.29, 1.82) is 0 Å². The van der Waals surface area contributed by atoms with Crippen molar-refractivity contribution in [2.75, 3.05) is 11.9 Å². The third-order valence-corrected chi connectivity index (χ3v) is 3.09. The number of hydrogen-bond acceptors (Lipinski definition) is 3. The summed E-state index contributed by atoms with van der Waals surface area (Å²) in [6.07, 6.45) is 3.02. The average Bonchev–Trinajstić information content (AvgIpc) is 2.29. The lowest BCUT2D eigenvalue weighted by molar-refractivity contribution is 0.585. The molecule has 0 bridgehead atoms. The Hall–Kier alpha value is -0.830. The van der Waals surface area contributed by atoms with Gasteiger partial charge in [-0.2, -0.15) is 0 Å². The average molecular weight is 242 g/mol. The highest BCUT2D eigenvalue weighted by atomic mass is 35.5. The van der Waals surface area contributed by atoms with Gasteiger partial charge in [-0.05, 0) is 12.8 Å². The van der Waals surface area contributed by atoms with Crippen LogP contribution in [-0.4, -0.2) is 23.1 Å². The maximum Gasteiger partial charge on any atom is 0.134 e. The van der Waals surface area contributed by atoms with Crippen molar-refractivity contribution in [3.8, 4) is 0 Å². The van der Waals surface area contributed by atoms with Crippen molar-refractivity contribution < 1.29 is 0 Å². The molecule has 1 heterocycles. The molecule has 90 valence electrons. The van der Waals surface area contributed by atoms with E-state index >= 15 is 0 Å². The van der Waals surface area contributed by atoms with Gasteiger partial charge in [-0.15, -0.1) is 0 Å². The Labute approximate surface area is 103 Å². The summed E-state index contributed by atoms with van der Waals surface area (Å²) in [6, 6.07) is 2.34. The summed E-state index contributed by atoms with van der Waals surface area (Å²) >= 11 is 5.99. The summed E-state index contributed by atoms with van der Waals surface area (Å²) in [4.78, 5) is 10.9. The van der Waals surface area contributed by atoms with Crippen LogP contribution in [0.3, 0.4) is 0 Å². The molecule has 1 rings (SSSR count). The topological polar surface area (TPSA) is 29.0 Å². The Balaban J connectivity index is 2.97. The molecule has 0 saturated carbocycles. The van der Waals surface area contributed by atoms with Crippen LogP contribution in [-0.2, 0) is 6.42 Å². The second-order valence-corrected chi connectivity index (χ2v) is 4.29. The fourth-order valence-corrected chi connectivity index (χ4v) is 2.01. The molecule has 0 aromatic carbocycles. The number of nitrogens with zero attached hydrogens (tertiary/aromatic N) is 3. The van der Waals surface area contributed by atoms with Gasteiger partial charge in [0.05, 0.1) is 0 Å². The lowest BCUT2D eigenvalue weighted by atomic mass is 10.1. The van der Waals surface area contributed by atoms with E-state index in [1.165, 1.54) is 0 Å². The lowest BCUT2D eigenvalue weighted by Gasteiger charge is -2.27. The van der Waals surface area contributed by atoms with Crippen LogP contribution in [0.2, 0.25) is 5.15 Å². The van der Waals surface area contributed by atoms with Gasteiger partial charge in [0.2, 0.25) is 0 Å². The highest BCUT2D eigenvalue weighted by Crippen LogP contribution is 2.19. The van der Waals surface area contributed by atoms with E-state index in [0.717, 1.165) is 30.9 Å². The number of aryl methyl sites for hydroxylation is 1. The Morgan fingerprint density at radius 3 is 2.38 bits per heavy atom. The first-order chi connectivity index (χ1) is 7.62. The number of rotatable bonds is 5. The highest BCUT2D eigenvalue weighted by Gasteiger charge is 2.13. The van der Waals surface area contributed by atoms with Gasteiger partial charge in [0, 0.05) is 25.6 Å². The summed E-state index contributed by atoms with van der Waals surface area (Å²) in [7, 11) is 2.07. The predicted molar refractivity (Wildman–Crippen MR) is 69.2 cm³/mol. The number of halogens is 1. The van der Waals surface area contributed by atoms with E-state index in [2.05, 4.69) is 35.8 Å². The minimum Gasteiger partial charge on any atom is -0.357 e. The SMILES string of the molecule is CCc1nc(Cl)cc(N(C)C(CC)CC)n1. The van der Waals surface area contributed by atoms with E-state index in [1.54, 1.807) is 0 Å². The fourth-order valence-electron chi connectivity index (χ4n) is 1.81. The molecule has 0 aliphatic heterocycles. The third-order valence-electron chi connectivity index (χ3n) is 2.90. The van der Waals surface area contributed by atoms with E-state index in [0.29, 0.717) is 11.2 Å². The van der Waals surface area contributed by atoms with E-state index in [1.807, 2.05) is 13.0 Å². The monoisotopic (exact) mass is 241 g/mol. The molecule has 16 heavy (non-hydrogen) atoms. The first kappa shape index (κ1) is 13.2. The van der Waals surface area contributed by atoms with Gasteiger partial charge >= 0.3 is 0 Å². The van der Waals surface area contributed by atoms with Crippen LogP contribution < -0.4 is 4.90 Å². The molecule has 0 unspecified atom stereocenters. The summed E-state index contributed by atoms with van der Waals surface area (Å²) in [5.41, 5.74) is 0. The van der Waals surface area contributed by atoms with Crippen molar-refractivity contribution in [2.24, 2.45) is 0 Å². The molecule has 0 fully saturated rings. The van der Waals surface area contributed by atoms with E-state index < -0.39 is 0 Å². The molecular weight excluding hydrogens is 222 g/mol. The van der Waals surface area contributed by atoms with Crippen LogP contribution in [0.25, 0.3) is 0 Å². The Kier molecular flexibility index (Phi) is 5.00. The Morgan fingerprint density at radius 1 is 1.25 bits per heavy atom. The largest absolute Gasteiger partial charge is 0.357 e. The lowest BCUT2D eigenvalue weighted by Crippen LogP contribution is -2.31. The standard InChI is InChI=1S/C12H20ClN3/c1-5-9(6-2)16(4)12-8-10(13)14-11(7-3)15-12/h8-9H,5-7H2,1-4H3. The normalized spacial score (nSPS) is 10.9. The fraction of sp³-hybridized carbons (Fsp3) is 0.667. The van der Waals surface area contributed by atoms with Crippen molar-refractivity contribution >= 4 is 17.4 Å². The van der Waals surface area contributed by atoms with Crippen LogP contribution in [0, 0.1) is 0 Å². The zero-order valence-electron chi connectivity index (χ0n) is 10.5. The Morgan fingerprint density at radius 2 is 1.88 bits per heavy atom. The smallest absolute Gasteiger partial charge is 0.134 e. The minimum absolute atomic E-state index is 0.510. The van der Waals surface area contributed by atoms with Gasteiger partial charge in [0.25, 0.3) is 0 Å². The van der Waals surface area contributed by atoms with Gasteiger partial charge in [-0.1, -0.05) is 32.4 Å². The maximum absolute atomic E-state index is 5.99. The summed E-state index contributed by atoms with van der Waals surface area (Å²) in [5, 5.41) is 0.527. The second-order valence-electron chi connectivity index (χ2n) is 3.90. The maximum atomic E-state index is 5.99. The first-order valence-electron chi connectivity index (χ1n) is 5.88. The predicted octanol–water partition coefficient (Wildman–Crippen LogP) is 3.32. The van der Waals surface area contributed by atoms with Crippen LogP contribution in [0.15, 0.2) is 6.07 Å². The van der Waals surface area contributed by atoms with Crippen molar-refractivity contribution in [2.45, 2.75) is 46.1 Å². The summed E-state index contributed by atoms with van der Waals surface area (Å²) in [6.45, 7) is 6.41. The molecule has 0 N–H and O–H groups in total. The van der Waals surface area contributed by atoms with Gasteiger partial charge in [-0.25, -0.2) is 9.97 Å². The molecule has 0 saturated heterocycles. The molecule has 0 atom stereocenters. The van der Waals surface area contributed by atoms with Gasteiger partial charge in [-0.3, -0.25) is 0 Å². The molecular formula is C12H20ClN3. The molecule has 0 spiro atoms. The van der Waals surface area contributed by atoms with Gasteiger partial charge < -0.3 is 4.90 Å². The van der Waals surface area contributed by atoms with Crippen LogP contribution in [0.5, 0.6) is 0 Å². The molecule has 1 aromatic rings.